The monoisotopic (exact) mass is 458 g/mol. The molecule has 0 saturated heterocycles. The Kier molecular flexibility index (Phi) is 9.03. The first-order valence-corrected chi connectivity index (χ1v) is 11.0. The normalized spacial score (nSPS) is 27.9. The Morgan fingerprint density at radius 2 is 1.31 bits per heavy atom. The van der Waals surface area contributed by atoms with E-state index in [1.807, 2.05) is 0 Å². The van der Waals surface area contributed by atoms with Gasteiger partial charge < -0.3 is 28.2 Å². The highest BCUT2D eigenvalue weighted by Crippen LogP contribution is 2.35. The fourth-order valence-electron chi connectivity index (χ4n) is 4.19. The number of esters is 4. The maximum Gasteiger partial charge on any atom is 0.303 e. The molecule has 0 heterocycles. The summed E-state index contributed by atoms with van der Waals surface area (Å²) >= 11 is 0. The van der Waals surface area contributed by atoms with Gasteiger partial charge in [0.15, 0.2) is 12.2 Å². The van der Waals surface area contributed by atoms with Crippen molar-refractivity contribution >= 4 is 23.9 Å². The largest absolute Gasteiger partial charge is 0.465 e. The molecule has 10 nitrogen and oxygen atoms in total. The second-order valence-electron chi connectivity index (χ2n) is 9.16. The van der Waals surface area contributed by atoms with Crippen molar-refractivity contribution in [3.8, 4) is 0 Å². The van der Waals surface area contributed by atoms with Crippen LogP contribution in [0.25, 0.3) is 0 Å². The van der Waals surface area contributed by atoms with Crippen LogP contribution in [0.4, 0.5) is 0 Å². The predicted octanol–water partition coefficient (Wildman–Crippen LogP) is 0.989. The van der Waals surface area contributed by atoms with Crippen molar-refractivity contribution in [2.75, 3.05) is 33.9 Å². The van der Waals surface area contributed by atoms with Gasteiger partial charge in [0.2, 0.25) is 0 Å². The Morgan fingerprint density at radius 3 is 1.81 bits per heavy atom. The lowest BCUT2D eigenvalue weighted by molar-refractivity contribution is -0.901. The van der Waals surface area contributed by atoms with Gasteiger partial charge in [-0.25, -0.2) is 0 Å². The zero-order valence-corrected chi connectivity index (χ0v) is 19.8. The topological polar surface area (TPSA) is 114 Å². The van der Waals surface area contributed by atoms with Gasteiger partial charge in [0, 0.05) is 46.5 Å². The summed E-state index contributed by atoms with van der Waals surface area (Å²) in [6, 6.07) is 0.619. The zero-order chi connectivity index (χ0) is 24.1. The maximum atomic E-state index is 11.8. The lowest BCUT2D eigenvalue weighted by Crippen LogP contribution is -2.59. The van der Waals surface area contributed by atoms with Gasteiger partial charge in [-0.2, -0.15) is 0 Å². The molecule has 2 aliphatic rings. The van der Waals surface area contributed by atoms with E-state index < -0.39 is 54.2 Å². The first-order valence-electron chi connectivity index (χ1n) is 11.0. The number of quaternary nitrogens is 1. The average molecular weight is 459 g/mol. The van der Waals surface area contributed by atoms with Crippen LogP contribution in [0.2, 0.25) is 0 Å². The first kappa shape index (κ1) is 26.1. The third-order valence-electron chi connectivity index (χ3n) is 5.96. The molecule has 0 bridgehead atoms. The van der Waals surface area contributed by atoms with Crippen LogP contribution < -0.4 is 0 Å². The van der Waals surface area contributed by atoms with Crippen LogP contribution in [0.5, 0.6) is 0 Å². The highest BCUT2D eigenvalue weighted by molar-refractivity contribution is 5.68. The lowest BCUT2D eigenvalue weighted by atomic mass is 9.80. The van der Waals surface area contributed by atoms with Crippen molar-refractivity contribution in [1.82, 2.24) is 0 Å². The molecule has 2 fully saturated rings. The van der Waals surface area contributed by atoms with Crippen LogP contribution in [0.3, 0.4) is 0 Å². The minimum absolute atomic E-state index is 0.0542. The standard InChI is InChI=1S/C22H36NO9/c1-13(24)29-12-17-11-19(28-10-9-23(5,6)18-7-8-18)21(31-15(3)26)22(32-16(4)27)20(17)30-14(2)25/h17-22H,7-12H2,1-6H3/q+1/t17-,19+,20-,21+,22+/m1/s1. The summed E-state index contributed by atoms with van der Waals surface area (Å²) in [4.78, 5) is 46.9. The zero-order valence-electron chi connectivity index (χ0n) is 19.8. The predicted molar refractivity (Wildman–Crippen MR) is 111 cm³/mol. The van der Waals surface area contributed by atoms with E-state index in [0.717, 1.165) is 11.0 Å². The fraction of sp³-hybridized carbons (Fsp3) is 0.818. The van der Waals surface area contributed by atoms with Crippen molar-refractivity contribution in [3.05, 3.63) is 0 Å². The molecular weight excluding hydrogens is 422 g/mol. The van der Waals surface area contributed by atoms with Crippen molar-refractivity contribution < 1.29 is 47.3 Å². The molecule has 32 heavy (non-hydrogen) atoms. The average Bonchev–Trinajstić information content (AvgIpc) is 3.49. The Hall–Kier alpha value is -2.20. The molecular formula is C22H36NO9+. The second kappa shape index (κ2) is 11.1. The summed E-state index contributed by atoms with van der Waals surface area (Å²) < 4.78 is 28.6. The number of hydrogen-bond donors (Lipinski definition) is 0. The van der Waals surface area contributed by atoms with Crippen LogP contribution in [-0.2, 0) is 42.9 Å². The van der Waals surface area contributed by atoms with E-state index in [0.29, 0.717) is 12.6 Å². The van der Waals surface area contributed by atoms with E-state index in [9.17, 15) is 19.2 Å². The van der Waals surface area contributed by atoms with Gasteiger partial charge in [-0.3, -0.25) is 19.2 Å². The molecule has 2 saturated carbocycles. The molecule has 0 aliphatic heterocycles. The number of nitrogens with zero attached hydrogens (tertiary/aromatic N) is 1. The van der Waals surface area contributed by atoms with Gasteiger partial charge in [-0.15, -0.1) is 0 Å². The molecule has 2 rings (SSSR count). The molecule has 0 amide bonds. The van der Waals surface area contributed by atoms with E-state index in [2.05, 4.69) is 14.1 Å². The van der Waals surface area contributed by atoms with Gasteiger partial charge in [0.25, 0.3) is 0 Å². The molecule has 0 radical (unpaired) electrons. The summed E-state index contributed by atoms with van der Waals surface area (Å²) in [6.45, 7) is 6.08. The summed E-state index contributed by atoms with van der Waals surface area (Å²) in [5, 5.41) is 0. The second-order valence-corrected chi connectivity index (χ2v) is 9.16. The Labute approximate surface area is 189 Å². The van der Waals surface area contributed by atoms with Crippen molar-refractivity contribution in [3.63, 3.8) is 0 Å². The Balaban J connectivity index is 2.26. The van der Waals surface area contributed by atoms with Crippen LogP contribution in [0.1, 0.15) is 47.0 Å². The van der Waals surface area contributed by atoms with E-state index in [1.54, 1.807) is 0 Å². The summed E-state index contributed by atoms with van der Waals surface area (Å²) in [7, 11) is 4.29. The molecule has 182 valence electrons. The van der Waals surface area contributed by atoms with Crippen molar-refractivity contribution in [2.45, 2.75) is 77.4 Å². The number of hydrogen-bond acceptors (Lipinski definition) is 9. The quantitative estimate of drug-likeness (QED) is 0.268. The molecule has 0 N–H and O–H groups in total. The van der Waals surface area contributed by atoms with Gasteiger partial charge >= 0.3 is 23.9 Å². The number of carbonyl (C=O) groups is 4. The van der Waals surface area contributed by atoms with E-state index in [-0.39, 0.29) is 13.0 Å². The van der Waals surface area contributed by atoms with Gasteiger partial charge in [0.1, 0.15) is 12.6 Å². The van der Waals surface area contributed by atoms with Crippen LogP contribution in [-0.4, -0.2) is 92.7 Å². The number of ether oxygens (including phenoxy) is 5. The molecule has 0 aromatic rings. The van der Waals surface area contributed by atoms with Crippen LogP contribution >= 0.6 is 0 Å². The van der Waals surface area contributed by atoms with Gasteiger partial charge in [-0.05, 0) is 6.42 Å². The SMILES string of the molecule is CC(=O)OC[C@H]1C[C@H](OCC[N+](C)(C)C2CC2)[C@H](OC(C)=O)[C@@H](OC(C)=O)[C@@H]1OC(C)=O. The molecule has 0 unspecified atom stereocenters. The molecule has 2 aliphatic carbocycles. The third kappa shape index (κ3) is 7.74. The van der Waals surface area contributed by atoms with Crippen LogP contribution in [0, 0.1) is 5.92 Å². The number of likely N-dealkylation sites (N-methyl/N-ethyl adjacent to an activating group) is 1. The van der Waals surface area contributed by atoms with E-state index in [4.69, 9.17) is 23.7 Å². The number of rotatable bonds is 10. The van der Waals surface area contributed by atoms with Gasteiger partial charge in [0.05, 0.1) is 39.5 Å². The molecule has 5 atom stereocenters. The molecule has 0 spiro atoms. The van der Waals surface area contributed by atoms with E-state index in [1.165, 1.54) is 40.5 Å². The fourth-order valence-corrected chi connectivity index (χ4v) is 4.19. The highest BCUT2D eigenvalue weighted by atomic mass is 16.6. The number of carbonyl (C=O) groups excluding carboxylic acids is 4. The maximum absolute atomic E-state index is 11.8. The van der Waals surface area contributed by atoms with E-state index >= 15 is 0 Å². The first-order chi connectivity index (χ1) is 14.9. The smallest absolute Gasteiger partial charge is 0.303 e. The molecule has 0 aromatic carbocycles. The lowest BCUT2D eigenvalue weighted by Gasteiger charge is -2.44. The minimum atomic E-state index is -1.09. The Bertz CT molecular complexity index is 704. The Morgan fingerprint density at radius 1 is 0.781 bits per heavy atom. The van der Waals surface area contributed by atoms with Crippen LogP contribution in [0.15, 0.2) is 0 Å². The summed E-state index contributed by atoms with van der Waals surface area (Å²) in [5.41, 5.74) is 0. The van der Waals surface area contributed by atoms with Gasteiger partial charge in [-0.1, -0.05) is 0 Å². The van der Waals surface area contributed by atoms with Crippen molar-refractivity contribution in [2.24, 2.45) is 5.92 Å². The minimum Gasteiger partial charge on any atom is -0.465 e. The summed E-state index contributed by atoms with van der Waals surface area (Å²) in [5.74, 6) is -2.78. The molecule has 10 heteroatoms. The highest BCUT2D eigenvalue weighted by Gasteiger charge is 2.51. The third-order valence-corrected chi connectivity index (χ3v) is 5.96. The summed E-state index contributed by atoms with van der Waals surface area (Å²) in [6.07, 6.45) is -0.979. The molecule has 0 aromatic heterocycles. The van der Waals surface area contributed by atoms with Crippen molar-refractivity contribution in [1.29, 1.82) is 0 Å².